The van der Waals surface area contributed by atoms with Gasteiger partial charge in [-0.3, -0.25) is 0 Å². The van der Waals surface area contributed by atoms with Gasteiger partial charge in [0, 0.05) is 0 Å². The third-order valence-corrected chi connectivity index (χ3v) is 1.58. The van der Waals surface area contributed by atoms with Crippen molar-refractivity contribution in [3.8, 4) is 0 Å². The van der Waals surface area contributed by atoms with E-state index in [1.54, 1.807) is 0 Å². The molecule has 1 N–H and O–H groups in total. The van der Waals surface area contributed by atoms with Crippen molar-refractivity contribution in [2.24, 2.45) is 0 Å². The van der Waals surface area contributed by atoms with Gasteiger partial charge in [0.05, 0.1) is 0 Å². The summed E-state index contributed by atoms with van der Waals surface area (Å²) in [5.74, 6) is 0. The molecule has 45 valence electrons. The van der Waals surface area contributed by atoms with Crippen molar-refractivity contribution in [2.75, 3.05) is 6.54 Å². The summed E-state index contributed by atoms with van der Waals surface area (Å²) in [5, 5.41) is 0. The summed E-state index contributed by atoms with van der Waals surface area (Å²) in [6.07, 6.45) is 2.46. The minimum atomic E-state index is 0.388. The summed E-state index contributed by atoms with van der Waals surface area (Å²) in [6, 6.07) is 0. The molecule has 0 aliphatic rings. The molecule has 2 nitrogen and oxygen atoms in total. The van der Waals surface area contributed by atoms with Crippen LogP contribution < -0.4 is 4.98 Å². The molecule has 0 saturated heterocycles. The van der Waals surface area contributed by atoms with E-state index in [1.165, 1.54) is 12.8 Å². The number of hydrogen-bond donors (Lipinski definition) is 1. The minimum Gasteiger partial charge on any atom is -0.445 e. The molecule has 0 saturated carbocycles. The van der Waals surface area contributed by atoms with Gasteiger partial charge in [0.2, 0.25) is 10.5 Å². The molecule has 0 bridgehead atoms. The predicted octanol–water partition coefficient (Wildman–Crippen LogP) is 0.0104. The van der Waals surface area contributed by atoms with Crippen molar-refractivity contribution in [2.45, 2.75) is 19.8 Å². The van der Waals surface area contributed by atoms with E-state index in [0.29, 0.717) is 9.92 Å². The first-order valence-corrected chi connectivity index (χ1v) is 4.04. The highest BCUT2D eigenvalue weighted by Crippen LogP contribution is 1.80. The maximum absolute atomic E-state index is 4.61. The highest BCUT2D eigenvalue weighted by molar-refractivity contribution is 6.31. The summed E-state index contributed by atoms with van der Waals surface area (Å²) in [6.45, 7) is 3.22. The summed E-state index contributed by atoms with van der Waals surface area (Å²) in [4.78, 5) is 3.09. The van der Waals surface area contributed by atoms with Gasteiger partial charge in [-0.25, -0.2) is 0 Å². The molecule has 0 aromatic heterocycles. The van der Waals surface area contributed by atoms with E-state index in [0.717, 1.165) is 6.54 Å². The van der Waals surface area contributed by atoms with Crippen LogP contribution in [0.2, 0.25) is 0 Å². The topological polar surface area (TPSA) is 21.3 Å². The molecule has 8 heavy (non-hydrogen) atoms. The molecule has 5 radical (unpaired) electrons. The molecule has 0 aromatic rings. The Morgan fingerprint density at radius 1 is 1.75 bits per heavy atom. The van der Waals surface area contributed by atoms with Crippen LogP contribution in [0.4, 0.5) is 0 Å². The number of rotatable bonds is 5. The third kappa shape index (κ3) is 6.35. The Labute approximate surface area is 56.6 Å². The summed E-state index contributed by atoms with van der Waals surface area (Å²) in [5.41, 5.74) is 0. The second-order valence-electron chi connectivity index (χ2n) is 1.48. The fourth-order valence-electron chi connectivity index (χ4n) is 0.352. The standard InChI is InChI=1S/C4H10NOSi2/c1-2-3-4-5-8-6-7/h5H,2-4H2,1H3. The minimum absolute atomic E-state index is 0.388. The Balaban J connectivity index is 2.53. The van der Waals surface area contributed by atoms with Gasteiger partial charge in [-0.2, -0.15) is 0 Å². The van der Waals surface area contributed by atoms with Crippen molar-refractivity contribution in [1.29, 1.82) is 0 Å². The molecule has 0 aliphatic carbocycles. The molecule has 4 heteroatoms. The summed E-state index contributed by atoms with van der Waals surface area (Å²) >= 11 is 0. The van der Waals surface area contributed by atoms with E-state index in [4.69, 9.17) is 0 Å². The zero-order valence-corrected chi connectivity index (χ0v) is 7.03. The molecule has 0 fully saturated rings. The van der Waals surface area contributed by atoms with Crippen LogP contribution in [0, 0.1) is 0 Å². The molecular formula is C4H10NOSi2. The van der Waals surface area contributed by atoms with Gasteiger partial charge in [-0.15, -0.1) is 0 Å². The van der Waals surface area contributed by atoms with Crippen LogP contribution in [0.1, 0.15) is 19.8 Å². The lowest BCUT2D eigenvalue weighted by molar-refractivity contribution is 0.626. The average Bonchev–Trinajstić information content (AvgIpc) is 1.81. The maximum Gasteiger partial charge on any atom is 0.325 e. The lowest BCUT2D eigenvalue weighted by Gasteiger charge is -1.96. The molecule has 0 spiro atoms. The highest BCUT2D eigenvalue weighted by atomic mass is 28.3. The van der Waals surface area contributed by atoms with E-state index in [-0.39, 0.29) is 0 Å². The van der Waals surface area contributed by atoms with E-state index < -0.39 is 0 Å². The van der Waals surface area contributed by atoms with Gasteiger partial charge in [0.1, 0.15) is 0 Å². The largest absolute Gasteiger partial charge is 0.445 e. The second-order valence-corrected chi connectivity index (χ2v) is 2.86. The lowest BCUT2D eigenvalue weighted by Crippen LogP contribution is -2.21. The quantitative estimate of drug-likeness (QED) is 0.433. The molecule has 0 aliphatic heterocycles. The highest BCUT2D eigenvalue weighted by Gasteiger charge is 1.84. The molecule has 0 heterocycles. The Kier molecular flexibility index (Phi) is 7.68. The van der Waals surface area contributed by atoms with E-state index in [2.05, 4.69) is 26.5 Å². The smallest absolute Gasteiger partial charge is 0.325 e. The third-order valence-electron chi connectivity index (χ3n) is 0.779. The van der Waals surface area contributed by atoms with Gasteiger partial charge < -0.3 is 9.10 Å². The fourth-order valence-corrected chi connectivity index (χ4v) is 0.920. The van der Waals surface area contributed by atoms with Crippen LogP contribution in [-0.4, -0.2) is 27.0 Å². The Morgan fingerprint density at radius 2 is 2.50 bits per heavy atom. The lowest BCUT2D eigenvalue weighted by atomic mass is 10.3. The normalized spacial score (nSPS) is 9.75. The maximum atomic E-state index is 4.61. The van der Waals surface area contributed by atoms with Gasteiger partial charge in [0.25, 0.3) is 0 Å². The van der Waals surface area contributed by atoms with Gasteiger partial charge in [-0.05, 0) is 13.0 Å². The van der Waals surface area contributed by atoms with Crippen LogP contribution >= 0.6 is 0 Å². The van der Waals surface area contributed by atoms with Crippen molar-refractivity contribution in [3.63, 3.8) is 0 Å². The first kappa shape index (κ1) is 8.35. The Hall–Kier alpha value is 0.354. The number of unbranched alkanes of at least 4 members (excludes halogenated alkanes) is 1. The van der Waals surface area contributed by atoms with Crippen LogP contribution in [-0.2, 0) is 4.12 Å². The Morgan fingerprint density at radius 3 is 3.00 bits per heavy atom. The molecular weight excluding hydrogens is 134 g/mol. The second kappa shape index (κ2) is 7.35. The van der Waals surface area contributed by atoms with E-state index in [1.807, 2.05) is 0 Å². The van der Waals surface area contributed by atoms with Gasteiger partial charge >= 0.3 is 9.92 Å². The van der Waals surface area contributed by atoms with Crippen molar-refractivity contribution < 1.29 is 4.12 Å². The SMILES string of the molecule is CCCCN[Si]O[Si]. The molecule has 0 atom stereocenters. The first-order chi connectivity index (χ1) is 3.91. The molecule has 0 amide bonds. The fraction of sp³-hybridized carbons (Fsp3) is 1.00. The van der Waals surface area contributed by atoms with Crippen LogP contribution in [0.15, 0.2) is 0 Å². The van der Waals surface area contributed by atoms with E-state index >= 15 is 0 Å². The number of hydrogen-bond acceptors (Lipinski definition) is 2. The van der Waals surface area contributed by atoms with Crippen LogP contribution in [0.5, 0.6) is 0 Å². The molecule has 0 unspecified atom stereocenters. The van der Waals surface area contributed by atoms with Crippen molar-refractivity contribution in [1.82, 2.24) is 4.98 Å². The van der Waals surface area contributed by atoms with Crippen LogP contribution in [0.25, 0.3) is 0 Å². The van der Waals surface area contributed by atoms with Gasteiger partial charge in [0.15, 0.2) is 0 Å². The van der Waals surface area contributed by atoms with Crippen molar-refractivity contribution in [3.05, 3.63) is 0 Å². The van der Waals surface area contributed by atoms with Crippen molar-refractivity contribution >= 4 is 20.4 Å². The summed E-state index contributed by atoms with van der Waals surface area (Å²) < 4.78 is 4.61. The average molecular weight is 144 g/mol. The molecule has 0 aromatic carbocycles. The number of nitrogens with one attached hydrogen (secondary N) is 1. The Bertz CT molecular complexity index is 39.0. The zero-order chi connectivity index (χ0) is 6.24. The monoisotopic (exact) mass is 144 g/mol. The summed E-state index contributed by atoms with van der Waals surface area (Å²) in [7, 11) is 3.28. The zero-order valence-electron chi connectivity index (χ0n) is 5.03. The predicted molar refractivity (Wildman–Crippen MR) is 35.5 cm³/mol. The van der Waals surface area contributed by atoms with Crippen LogP contribution in [0.3, 0.4) is 0 Å². The van der Waals surface area contributed by atoms with E-state index in [9.17, 15) is 0 Å². The molecule has 0 rings (SSSR count). The first-order valence-electron chi connectivity index (χ1n) is 2.72. The van der Waals surface area contributed by atoms with Gasteiger partial charge in [-0.1, -0.05) is 13.3 Å².